The molecule has 0 saturated heterocycles. The molecule has 0 spiro atoms. The number of carbonyl (C=O) groups is 2. The Kier molecular flexibility index (Phi) is 70.4. The van der Waals surface area contributed by atoms with Gasteiger partial charge in [0, 0.05) is 12.8 Å². The Morgan fingerprint density at radius 2 is 0.574 bits per heavy atom. The fourth-order valence-electron chi connectivity index (χ4n) is 10.8. The molecule has 0 saturated carbocycles. The second-order valence-electron chi connectivity index (χ2n) is 27.0. The highest BCUT2D eigenvalue weighted by molar-refractivity contribution is 7.45. The van der Waals surface area contributed by atoms with Crippen LogP contribution in [0, 0.1) is 0 Å². The van der Waals surface area contributed by atoms with E-state index in [9.17, 15) is 19.0 Å². The van der Waals surface area contributed by atoms with E-state index in [4.69, 9.17) is 18.5 Å². The zero-order valence-electron chi connectivity index (χ0n) is 61.6. The lowest BCUT2D eigenvalue weighted by molar-refractivity contribution is -0.870. The Labute approximate surface area is 581 Å². The van der Waals surface area contributed by atoms with Gasteiger partial charge in [-0.2, -0.15) is 0 Å². The van der Waals surface area contributed by atoms with Gasteiger partial charge in [0.15, 0.2) is 6.10 Å². The summed E-state index contributed by atoms with van der Waals surface area (Å²) in [4.78, 5) is 38.1. The van der Waals surface area contributed by atoms with Gasteiger partial charge >= 0.3 is 11.9 Å². The molecule has 0 aliphatic heterocycles. The first-order valence-corrected chi connectivity index (χ1v) is 40.4. The van der Waals surface area contributed by atoms with Crippen molar-refractivity contribution < 1.29 is 42.1 Å². The van der Waals surface area contributed by atoms with Gasteiger partial charge in [-0.15, -0.1) is 0 Å². The lowest BCUT2D eigenvalue weighted by atomic mass is 10.0. The molecule has 2 unspecified atom stereocenters. The molecule has 0 bridgehead atoms. The molecule has 0 amide bonds. The number of hydrogen-bond acceptors (Lipinski definition) is 8. The van der Waals surface area contributed by atoms with Crippen LogP contribution in [0.2, 0.25) is 0 Å². The first-order valence-electron chi connectivity index (χ1n) is 38.9. The molecule has 0 heterocycles. The molecule has 0 aliphatic rings. The molecule has 540 valence electrons. The average molecular weight is 1330 g/mol. The molecule has 0 aromatic carbocycles. The number of likely N-dealkylation sites (N-methyl/N-ethyl adjacent to an activating group) is 1. The van der Waals surface area contributed by atoms with Crippen molar-refractivity contribution in [1.29, 1.82) is 0 Å². The van der Waals surface area contributed by atoms with E-state index in [0.717, 1.165) is 116 Å². The van der Waals surface area contributed by atoms with Gasteiger partial charge in [-0.25, -0.2) is 0 Å². The highest BCUT2D eigenvalue weighted by Crippen LogP contribution is 2.38. The van der Waals surface area contributed by atoms with Crippen LogP contribution in [0.1, 0.15) is 335 Å². The zero-order valence-corrected chi connectivity index (χ0v) is 62.5. The maximum Gasteiger partial charge on any atom is 0.306 e. The fraction of sp³-hybridized carbons (Fsp3) is 0.714. The van der Waals surface area contributed by atoms with Crippen LogP contribution in [-0.2, 0) is 32.7 Å². The number of esters is 2. The summed E-state index contributed by atoms with van der Waals surface area (Å²) in [6.45, 7) is 4.02. The minimum atomic E-state index is -4.65. The van der Waals surface area contributed by atoms with Crippen LogP contribution in [0.25, 0.3) is 0 Å². The highest BCUT2D eigenvalue weighted by Gasteiger charge is 2.22. The summed E-state index contributed by atoms with van der Waals surface area (Å²) in [5.74, 6) is -0.840. The number of hydrogen-bond donors (Lipinski definition) is 0. The number of ether oxygens (including phenoxy) is 2. The first-order chi connectivity index (χ1) is 46.0. The molecule has 2 atom stereocenters. The van der Waals surface area contributed by atoms with Crippen molar-refractivity contribution >= 4 is 19.8 Å². The van der Waals surface area contributed by atoms with Crippen LogP contribution < -0.4 is 4.89 Å². The SMILES string of the molecule is CC/C=C\C/C=C\C/C=C\C/C=C\C/C=C\C/C=C\C/C=C\CCCCCCCCCC(=O)OC(COC(=O)CCCCCCCCCCCCCCCCCCCCCCCCCCCCCC/C=C\C/C=C\C/C=C\C/C=C\CC)COP(=O)([O-])OCC[N+](C)(C)C. The number of phosphoric ester groups is 1. The average Bonchev–Trinajstić information content (AvgIpc) is 1.65. The normalized spacial score (nSPS) is 13.8. The Morgan fingerprint density at radius 3 is 0.851 bits per heavy atom. The third kappa shape index (κ3) is 77.2. The monoisotopic (exact) mass is 1330 g/mol. The van der Waals surface area contributed by atoms with Crippen molar-refractivity contribution in [3.8, 4) is 0 Å². The van der Waals surface area contributed by atoms with Gasteiger partial charge in [-0.1, -0.05) is 347 Å². The minimum Gasteiger partial charge on any atom is -0.756 e. The third-order valence-corrected chi connectivity index (χ3v) is 17.6. The van der Waals surface area contributed by atoms with E-state index in [2.05, 4.69) is 148 Å². The molecule has 0 radical (unpaired) electrons. The van der Waals surface area contributed by atoms with Gasteiger partial charge in [0.1, 0.15) is 19.8 Å². The number of phosphoric acid groups is 1. The van der Waals surface area contributed by atoms with Crippen molar-refractivity contribution in [3.05, 3.63) is 134 Å². The van der Waals surface area contributed by atoms with Gasteiger partial charge in [0.25, 0.3) is 7.82 Å². The molecule has 0 aromatic rings. The Morgan fingerprint density at radius 1 is 0.330 bits per heavy atom. The minimum absolute atomic E-state index is 0.0374. The van der Waals surface area contributed by atoms with Crippen LogP contribution >= 0.6 is 7.82 Å². The third-order valence-electron chi connectivity index (χ3n) is 16.7. The van der Waals surface area contributed by atoms with E-state index in [1.54, 1.807) is 0 Å². The Bertz CT molecular complexity index is 2050. The molecule has 0 fully saturated rings. The highest BCUT2D eigenvalue weighted by atomic mass is 31.2. The fourth-order valence-corrected chi connectivity index (χ4v) is 11.5. The van der Waals surface area contributed by atoms with Crippen LogP contribution in [0.15, 0.2) is 134 Å². The number of allylic oxidation sites excluding steroid dienone is 22. The largest absolute Gasteiger partial charge is 0.756 e. The van der Waals surface area contributed by atoms with Crippen LogP contribution in [-0.4, -0.2) is 70.0 Å². The summed E-state index contributed by atoms with van der Waals surface area (Å²) in [5.41, 5.74) is 0. The van der Waals surface area contributed by atoms with E-state index in [-0.39, 0.29) is 32.0 Å². The standard InChI is InChI=1S/C84H146NO8P/c1-6-8-10-12-14-16-18-20-22-24-26-28-30-32-34-36-37-38-39-40-41-42-43-44-45-46-47-49-50-52-54-56-58-60-62-64-66-68-70-72-74-76-83(86)90-80-82(81-92-94(88,89)91-79-78-85(3,4)5)93-84(87)77-75-73-71-69-67-65-63-61-59-57-55-53-51-48-35-33-31-29-27-25-23-21-19-17-15-13-11-9-7-2/h8-11,14-17,20-23,26-29,33,35,51,53,57,59,82H,6-7,12-13,18-19,24-25,30-32,34,36-50,52,54-56,58,60-81H2,1-5H3/b10-8-,11-9-,16-14-,17-15-,22-20-,23-21-,28-26-,29-27-,35-33-,53-51-,59-57-. The molecule has 10 heteroatoms. The second kappa shape index (κ2) is 73.4. The van der Waals surface area contributed by atoms with Gasteiger partial charge < -0.3 is 27.9 Å². The van der Waals surface area contributed by atoms with E-state index in [0.29, 0.717) is 17.4 Å². The molecule has 9 nitrogen and oxygen atoms in total. The summed E-state index contributed by atoms with van der Waals surface area (Å²) in [7, 11) is 1.16. The van der Waals surface area contributed by atoms with Crippen molar-refractivity contribution in [3.63, 3.8) is 0 Å². The van der Waals surface area contributed by atoms with Crippen molar-refractivity contribution in [2.45, 2.75) is 341 Å². The zero-order chi connectivity index (χ0) is 68.3. The Balaban J connectivity index is 3.96. The van der Waals surface area contributed by atoms with Crippen LogP contribution in [0.4, 0.5) is 0 Å². The topological polar surface area (TPSA) is 111 Å². The first kappa shape index (κ1) is 90.2. The van der Waals surface area contributed by atoms with Crippen LogP contribution in [0.3, 0.4) is 0 Å². The summed E-state index contributed by atoms with van der Waals surface area (Å²) in [6, 6.07) is 0. The van der Waals surface area contributed by atoms with Gasteiger partial charge in [0.05, 0.1) is 27.7 Å². The van der Waals surface area contributed by atoms with E-state index in [1.165, 1.54) is 186 Å². The lowest BCUT2D eigenvalue weighted by Crippen LogP contribution is -2.37. The molecular weight excluding hydrogens is 1180 g/mol. The predicted octanol–water partition coefficient (Wildman–Crippen LogP) is 25.3. The van der Waals surface area contributed by atoms with Gasteiger partial charge in [-0.3, -0.25) is 14.2 Å². The smallest absolute Gasteiger partial charge is 0.306 e. The molecule has 0 N–H and O–H groups in total. The summed E-state index contributed by atoms with van der Waals surface area (Å²) in [6.07, 6.45) is 107. The van der Waals surface area contributed by atoms with Crippen molar-refractivity contribution in [2.24, 2.45) is 0 Å². The number of nitrogens with zero attached hydrogens (tertiary/aromatic N) is 1. The number of unbranched alkanes of at least 4 members (excludes halogenated alkanes) is 35. The maximum absolute atomic E-state index is 12.9. The summed E-state index contributed by atoms with van der Waals surface area (Å²) < 4.78 is 34.4. The van der Waals surface area contributed by atoms with Gasteiger partial charge in [-0.05, 0) is 109 Å². The van der Waals surface area contributed by atoms with E-state index < -0.39 is 26.5 Å². The molecule has 0 aromatic heterocycles. The molecular formula is C84H146NO8P. The summed E-state index contributed by atoms with van der Waals surface area (Å²) >= 11 is 0. The molecule has 94 heavy (non-hydrogen) atoms. The van der Waals surface area contributed by atoms with Crippen molar-refractivity contribution in [1.82, 2.24) is 0 Å². The van der Waals surface area contributed by atoms with Gasteiger partial charge in [0.2, 0.25) is 0 Å². The summed E-state index contributed by atoms with van der Waals surface area (Å²) in [5, 5.41) is 0. The van der Waals surface area contributed by atoms with Crippen LogP contribution in [0.5, 0.6) is 0 Å². The van der Waals surface area contributed by atoms with E-state index in [1.807, 2.05) is 21.1 Å². The second-order valence-corrected chi connectivity index (χ2v) is 28.4. The van der Waals surface area contributed by atoms with E-state index >= 15 is 0 Å². The number of quaternary nitrogens is 1. The molecule has 0 rings (SSSR count). The predicted molar refractivity (Wildman–Crippen MR) is 406 cm³/mol. The Hall–Kier alpha value is -3.85. The van der Waals surface area contributed by atoms with Crippen molar-refractivity contribution in [2.75, 3.05) is 47.5 Å². The molecule has 0 aliphatic carbocycles. The lowest BCUT2D eigenvalue weighted by Gasteiger charge is -2.28. The maximum atomic E-state index is 12.9. The number of carbonyl (C=O) groups excluding carboxylic acids is 2. The number of rotatable bonds is 71. The quantitative estimate of drug-likeness (QED) is 0.0195.